The Balaban J connectivity index is 1.53. The summed E-state index contributed by atoms with van der Waals surface area (Å²) in [4.78, 5) is 32.5. The molecule has 2 aromatic heterocycles. The van der Waals surface area contributed by atoms with Gasteiger partial charge in [-0.05, 0) is 37.6 Å². The van der Waals surface area contributed by atoms with Crippen LogP contribution in [0.3, 0.4) is 0 Å². The summed E-state index contributed by atoms with van der Waals surface area (Å²) >= 11 is 0. The molecule has 0 unspecified atom stereocenters. The van der Waals surface area contributed by atoms with E-state index in [2.05, 4.69) is 10.00 Å². The number of anilines is 1. The molecule has 3 heterocycles. The molecule has 3 aromatic rings. The lowest BCUT2D eigenvalue weighted by molar-refractivity contribution is 0.0600. The Labute approximate surface area is 180 Å². The number of methoxy groups -OCH3 is 1. The predicted molar refractivity (Wildman–Crippen MR) is 115 cm³/mol. The van der Waals surface area contributed by atoms with Crippen LogP contribution in [0.5, 0.6) is 0 Å². The van der Waals surface area contributed by atoms with Crippen LogP contribution in [-0.4, -0.2) is 71.0 Å². The Morgan fingerprint density at radius 3 is 2.39 bits per heavy atom. The first-order valence-corrected chi connectivity index (χ1v) is 10.2. The van der Waals surface area contributed by atoms with Crippen LogP contribution in [-0.2, 0) is 9.47 Å². The number of ether oxygens (including phenoxy) is 2. The fraction of sp³-hybridized carbons (Fsp3) is 0.364. The number of benzene rings is 1. The van der Waals surface area contributed by atoms with Crippen molar-refractivity contribution in [1.82, 2.24) is 19.5 Å². The van der Waals surface area contributed by atoms with Crippen molar-refractivity contribution < 1.29 is 19.1 Å². The highest BCUT2D eigenvalue weighted by atomic mass is 16.6. The number of esters is 1. The Hall–Kier alpha value is -3.62. The zero-order chi connectivity index (χ0) is 22.0. The van der Waals surface area contributed by atoms with E-state index in [1.807, 2.05) is 38.2 Å². The quantitative estimate of drug-likeness (QED) is 0.596. The molecule has 31 heavy (non-hydrogen) atoms. The summed E-state index contributed by atoms with van der Waals surface area (Å²) in [5.74, 6) is 0.459. The first-order chi connectivity index (χ1) is 15.0. The summed E-state index contributed by atoms with van der Waals surface area (Å²) in [6, 6.07) is 9.09. The van der Waals surface area contributed by atoms with E-state index in [1.165, 1.54) is 7.11 Å². The molecule has 0 aliphatic carbocycles. The van der Waals surface area contributed by atoms with E-state index in [0.29, 0.717) is 31.7 Å². The fourth-order valence-corrected chi connectivity index (χ4v) is 3.54. The van der Waals surface area contributed by atoms with Gasteiger partial charge >= 0.3 is 12.1 Å². The molecule has 0 spiro atoms. The van der Waals surface area contributed by atoms with Gasteiger partial charge in [-0.1, -0.05) is 12.1 Å². The average Bonchev–Trinajstić information content (AvgIpc) is 3.21. The average molecular weight is 423 g/mol. The molecule has 0 atom stereocenters. The number of nitrogens with zero attached hydrogens (tertiary/aromatic N) is 5. The van der Waals surface area contributed by atoms with Gasteiger partial charge in [0.15, 0.2) is 5.65 Å². The number of hydrogen-bond donors (Lipinski definition) is 0. The van der Waals surface area contributed by atoms with Crippen LogP contribution >= 0.6 is 0 Å². The minimum absolute atomic E-state index is 0.128. The molecule has 9 heteroatoms. The van der Waals surface area contributed by atoms with Crippen LogP contribution in [0.25, 0.3) is 16.8 Å². The maximum absolute atomic E-state index is 12.1. The maximum Gasteiger partial charge on any atom is 0.410 e. The van der Waals surface area contributed by atoms with Gasteiger partial charge in [-0.25, -0.2) is 19.1 Å². The number of fused-ring (bicyclic) bond motifs is 1. The molecule has 0 bridgehead atoms. The summed E-state index contributed by atoms with van der Waals surface area (Å²) < 4.78 is 11.8. The van der Waals surface area contributed by atoms with Crippen molar-refractivity contribution in [1.29, 1.82) is 0 Å². The molecular formula is C22H25N5O4. The molecule has 0 N–H and O–H groups in total. The minimum Gasteiger partial charge on any atom is -0.465 e. The highest BCUT2D eigenvalue weighted by Gasteiger charge is 2.24. The number of carbonyl (C=O) groups is 2. The molecule has 1 fully saturated rings. The van der Waals surface area contributed by atoms with E-state index >= 15 is 0 Å². The monoisotopic (exact) mass is 423 g/mol. The van der Waals surface area contributed by atoms with Crippen molar-refractivity contribution in [3.63, 3.8) is 0 Å². The van der Waals surface area contributed by atoms with Crippen molar-refractivity contribution in [3.8, 4) is 11.1 Å². The zero-order valence-corrected chi connectivity index (χ0v) is 17.8. The molecule has 4 rings (SSSR count). The second-order valence-electron chi connectivity index (χ2n) is 7.59. The smallest absolute Gasteiger partial charge is 0.410 e. The SMILES string of the molecule is COC(=O)c1ccc(-c2cnn3ccc(N4CCN(C(=O)OC(C)C)CC4)nc23)cc1. The van der Waals surface area contributed by atoms with Gasteiger partial charge in [-0.2, -0.15) is 5.10 Å². The molecule has 1 amide bonds. The van der Waals surface area contributed by atoms with E-state index in [4.69, 9.17) is 14.5 Å². The lowest BCUT2D eigenvalue weighted by Gasteiger charge is -2.35. The first-order valence-electron chi connectivity index (χ1n) is 10.2. The summed E-state index contributed by atoms with van der Waals surface area (Å²) in [5.41, 5.74) is 3.00. The van der Waals surface area contributed by atoms with Gasteiger partial charge in [0.2, 0.25) is 0 Å². The number of carbonyl (C=O) groups excluding carboxylic acids is 2. The van der Waals surface area contributed by atoms with Gasteiger partial charge in [0.25, 0.3) is 0 Å². The van der Waals surface area contributed by atoms with Gasteiger partial charge in [0.05, 0.1) is 25.0 Å². The number of hydrogen-bond acceptors (Lipinski definition) is 7. The lowest BCUT2D eigenvalue weighted by Crippen LogP contribution is -2.49. The van der Waals surface area contributed by atoms with Gasteiger partial charge in [-0.15, -0.1) is 0 Å². The third kappa shape index (κ3) is 4.30. The number of aromatic nitrogens is 3. The molecule has 0 radical (unpaired) electrons. The van der Waals surface area contributed by atoms with E-state index in [1.54, 1.807) is 27.7 Å². The third-order valence-electron chi connectivity index (χ3n) is 5.17. The van der Waals surface area contributed by atoms with Crippen molar-refractivity contribution in [2.75, 3.05) is 38.2 Å². The Morgan fingerprint density at radius 1 is 1.03 bits per heavy atom. The largest absolute Gasteiger partial charge is 0.465 e. The minimum atomic E-state index is -0.372. The maximum atomic E-state index is 12.1. The normalized spacial score (nSPS) is 14.2. The highest BCUT2D eigenvalue weighted by molar-refractivity contribution is 5.90. The van der Waals surface area contributed by atoms with Crippen molar-refractivity contribution >= 4 is 23.5 Å². The molecule has 162 valence electrons. The van der Waals surface area contributed by atoms with Gasteiger partial charge in [0.1, 0.15) is 5.82 Å². The number of piperazine rings is 1. The summed E-state index contributed by atoms with van der Waals surface area (Å²) in [7, 11) is 1.36. The van der Waals surface area contributed by atoms with E-state index in [9.17, 15) is 9.59 Å². The first kappa shape index (κ1) is 20.6. The predicted octanol–water partition coefficient (Wildman–Crippen LogP) is 2.85. The Morgan fingerprint density at radius 2 is 1.74 bits per heavy atom. The summed E-state index contributed by atoms with van der Waals surface area (Å²) in [6.07, 6.45) is 3.24. The van der Waals surface area contributed by atoms with E-state index < -0.39 is 0 Å². The lowest BCUT2D eigenvalue weighted by atomic mass is 10.1. The topological polar surface area (TPSA) is 89.3 Å². The van der Waals surface area contributed by atoms with Crippen LogP contribution in [0.2, 0.25) is 0 Å². The standard InChI is InChI=1S/C22H25N5O4/c1-15(2)31-22(29)26-12-10-25(11-13-26)19-8-9-27-20(24-19)18(14-23-27)16-4-6-17(7-5-16)21(28)30-3/h4-9,14-15H,10-13H2,1-3H3. The second-order valence-corrected chi connectivity index (χ2v) is 7.59. The van der Waals surface area contributed by atoms with E-state index in [0.717, 1.165) is 22.6 Å². The third-order valence-corrected chi connectivity index (χ3v) is 5.17. The van der Waals surface area contributed by atoms with Crippen LogP contribution in [0.15, 0.2) is 42.7 Å². The molecule has 1 saturated heterocycles. The molecule has 1 aliphatic heterocycles. The highest BCUT2D eigenvalue weighted by Crippen LogP contribution is 2.26. The van der Waals surface area contributed by atoms with E-state index in [-0.39, 0.29) is 18.2 Å². The van der Waals surface area contributed by atoms with Crippen molar-refractivity contribution in [3.05, 3.63) is 48.3 Å². The fourth-order valence-electron chi connectivity index (χ4n) is 3.54. The summed E-state index contributed by atoms with van der Waals surface area (Å²) in [6.45, 7) is 6.21. The summed E-state index contributed by atoms with van der Waals surface area (Å²) in [5, 5.41) is 4.39. The van der Waals surface area contributed by atoms with Gasteiger partial charge in [-0.3, -0.25) is 0 Å². The molecular weight excluding hydrogens is 398 g/mol. The molecule has 1 aromatic carbocycles. The molecule has 0 saturated carbocycles. The second kappa shape index (κ2) is 8.63. The van der Waals surface area contributed by atoms with Gasteiger partial charge in [0, 0.05) is 37.9 Å². The van der Waals surface area contributed by atoms with Crippen LogP contribution in [0, 0.1) is 0 Å². The van der Waals surface area contributed by atoms with Crippen LogP contribution in [0.1, 0.15) is 24.2 Å². The Kier molecular flexibility index (Phi) is 5.75. The van der Waals surface area contributed by atoms with Crippen molar-refractivity contribution in [2.45, 2.75) is 20.0 Å². The van der Waals surface area contributed by atoms with Crippen LogP contribution < -0.4 is 4.90 Å². The Bertz CT molecular complexity index is 1080. The zero-order valence-electron chi connectivity index (χ0n) is 17.8. The molecule has 1 aliphatic rings. The van der Waals surface area contributed by atoms with Gasteiger partial charge < -0.3 is 19.3 Å². The van der Waals surface area contributed by atoms with Crippen molar-refractivity contribution in [2.24, 2.45) is 0 Å². The number of amides is 1. The molecule has 9 nitrogen and oxygen atoms in total. The van der Waals surface area contributed by atoms with Crippen LogP contribution in [0.4, 0.5) is 10.6 Å². The number of rotatable bonds is 4.